The number of esters is 1. The lowest BCUT2D eigenvalue weighted by atomic mass is 9.93. The van der Waals surface area contributed by atoms with Gasteiger partial charge in [0.25, 0.3) is 0 Å². The van der Waals surface area contributed by atoms with Crippen LogP contribution in [0, 0.1) is 10.8 Å². The second kappa shape index (κ2) is 7.57. The molecule has 24 heavy (non-hydrogen) atoms. The molecule has 0 fully saturated rings. The van der Waals surface area contributed by atoms with Crippen LogP contribution in [-0.4, -0.2) is 36.6 Å². The van der Waals surface area contributed by atoms with E-state index in [0.29, 0.717) is 12.2 Å². The third-order valence-corrected chi connectivity index (χ3v) is 4.18. The molecule has 1 atom stereocenters. The average molecular weight is 331 g/mol. The van der Waals surface area contributed by atoms with Gasteiger partial charge in [0.15, 0.2) is 0 Å². The highest BCUT2D eigenvalue weighted by Crippen LogP contribution is 2.28. The van der Waals surface area contributed by atoms with Crippen LogP contribution in [0.15, 0.2) is 24.4 Å². The molecule has 1 aromatic heterocycles. The predicted molar refractivity (Wildman–Crippen MR) is 92.6 cm³/mol. The second-order valence-corrected chi connectivity index (χ2v) is 6.66. The topological polar surface area (TPSA) is 98.3 Å². The maximum absolute atomic E-state index is 11.7. The second-order valence-electron chi connectivity index (χ2n) is 6.66. The molecule has 0 aromatic carbocycles. The summed E-state index contributed by atoms with van der Waals surface area (Å²) in [6.45, 7) is 3.99. The largest absolute Gasteiger partial charge is 0.469 e. The Morgan fingerprint density at radius 3 is 2.71 bits per heavy atom. The summed E-state index contributed by atoms with van der Waals surface area (Å²) in [4.78, 5) is 16.0. The number of rotatable bonds is 6. The van der Waals surface area contributed by atoms with Crippen LogP contribution in [-0.2, 0) is 14.3 Å². The first kappa shape index (κ1) is 18.1. The van der Waals surface area contributed by atoms with Crippen LogP contribution in [0.2, 0.25) is 0 Å². The van der Waals surface area contributed by atoms with Crippen LogP contribution in [0.4, 0.5) is 0 Å². The fourth-order valence-electron chi connectivity index (χ4n) is 2.60. The van der Waals surface area contributed by atoms with Crippen LogP contribution in [0.1, 0.15) is 44.4 Å². The average Bonchev–Trinajstić information content (AvgIpc) is 2.59. The van der Waals surface area contributed by atoms with E-state index in [1.165, 1.54) is 12.7 Å². The lowest BCUT2D eigenvalue weighted by Crippen LogP contribution is -2.33. The quantitative estimate of drug-likeness (QED) is 0.474. The molecule has 0 saturated carbocycles. The van der Waals surface area contributed by atoms with Gasteiger partial charge in [0.05, 0.1) is 30.9 Å². The van der Waals surface area contributed by atoms with E-state index < -0.39 is 5.41 Å². The Hall–Kier alpha value is -2.21. The molecule has 0 aliphatic heterocycles. The normalized spacial score (nSPS) is 18.0. The third kappa shape index (κ3) is 4.41. The number of nitrogens with zero attached hydrogens (tertiary/aromatic N) is 1. The number of hydrogen-bond acceptors (Lipinski definition) is 5. The molecule has 0 spiro atoms. The molecule has 6 nitrogen and oxygen atoms in total. The maximum Gasteiger partial charge on any atom is 0.313 e. The first-order valence-electron chi connectivity index (χ1n) is 8.03. The summed E-state index contributed by atoms with van der Waals surface area (Å²) >= 11 is 0. The molecule has 1 heterocycles. The van der Waals surface area contributed by atoms with Gasteiger partial charge in [-0.1, -0.05) is 6.08 Å². The van der Waals surface area contributed by atoms with Crippen molar-refractivity contribution in [1.29, 1.82) is 5.41 Å². The van der Waals surface area contributed by atoms with E-state index in [-0.39, 0.29) is 17.9 Å². The fourth-order valence-corrected chi connectivity index (χ4v) is 2.60. The highest BCUT2D eigenvalue weighted by Gasteiger charge is 2.30. The summed E-state index contributed by atoms with van der Waals surface area (Å²) in [6, 6.07) is 3.71. The SMILES string of the molecule is COC(=O)C(C)(C)COC1CC=C(c2ccc(C(=N)N)cn2)CC1. The Balaban J connectivity index is 1.91. The van der Waals surface area contributed by atoms with Gasteiger partial charge in [-0.2, -0.15) is 0 Å². The van der Waals surface area contributed by atoms with Crippen LogP contribution >= 0.6 is 0 Å². The van der Waals surface area contributed by atoms with Crippen molar-refractivity contribution < 1.29 is 14.3 Å². The molecule has 1 aliphatic rings. The van der Waals surface area contributed by atoms with Gasteiger partial charge < -0.3 is 15.2 Å². The lowest BCUT2D eigenvalue weighted by molar-refractivity contribution is -0.155. The van der Waals surface area contributed by atoms with Gasteiger partial charge in [-0.25, -0.2) is 0 Å². The first-order chi connectivity index (χ1) is 11.3. The van der Waals surface area contributed by atoms with Crippen molar-refractivity contribution in [3.8, 4) is 0 Å². The minimum absolute atomic E-state index is 0.0216. The molecular weight excluding hydrogens is 306 g/mol. The number of aromatic nitrogens is 1. The lowest BCUT2D eigenvalue weighted by Gasteiger charge is -2.27. The molecule has 130 valence electrons. The number of methoxy groups -OCH3 is 1. The Kier molecular flexibility index (Phi) is 5.72. The standard InChI is InChI=1S/C18H25N3O3/c1-18(2,17(22)23-3)11-24-14-7-4-12(5-8-14)15-9-6-13(10-21-15)16(19)20/h4,6,9-10,14H,5,7-8,11H2,1-3H3,(H3,19,20). The summed E-state index contributed by atoms with van der Waals surface area (Å²) in [6.07, 6.45) is 6.42. The Bertz CT molecular complexity index is 635. The van der Waals surface area contributed by atoms with Crippen molar-refractivity contribution in [2.24, 2.45) is 11.1 Å². The zero-order chi connectivity index (χ0) is 17.7. The van der Waals surface area contributed by atoms with Crippen molar-refractivity contribution in [3.63, 3.8) is 0 Å². The Morgan fingerprint density at radius 2 is 2.21 bits per heavy atom. The van der Waals surface area contributed by atoms with E-state index in [9.17, 15) is 4.79 Å². The summed E-state index contributed by atoms with van der Waals surface area (Å²) in [7, 11) is 1.39. The van der Waals surface area contributed by atoms with Gasteiger partial charge in [0.1, 0.15) is 5.84 Å². The van der Waals surface area contributed by atoms with E-state index in [0.717, 1.165) is 25.0 Å². The van der Waals surface area contributed by atoms with Crippen LogP contribution in [0.5, 0.6) is 0 Å². The molecular formula is C18H25N3O3. The molecule has 2 rings (SSSR count). The molecule has 0 radical (unpaired) electrons. The van der Waals surface area contributed by atoms with Crippen molar-refractivity contribution in [1.82, 2.24) is 4.98 Å². The Morgan fingerprint density at radius 1 is 1.46 bits per heavy atom. The summed E-state index contributed by atoms with van der Waals surface area (Å²) in [5, 5.41) is 7.39. The minimum Gasteiger partial charge on any atom is -0.469 e. The number of amidine groups is 1. The van der Waals surface area contributed by atoms with Crippen molar-refractivity contribution in [2.75, 3.05) is 13.7 Å². The molecule has 0 saturated heterocycles. The van der Waals surface area contributed by atoms with Crippen molar-refractivity contribution in [2.45, 2.75) is 39.2 Å². The number of allylic oxidation sites excluding steroid dienone is 1. The van der Waals surface area contributed by atoms with Crippen LogP contribution in [0.3, 0.4) is 0 Å². The van der Waals surface area contributed by atoms with Crippen LogP contribution in [0.25, 0.3) is 5.57 Å². The van der Waals surface area contributed by atoms with Gasteiger partial charge in [-0.3, -0.25) is 15.2 Å². The number of hydrogen-bond donors (Lipinski definition) is 2. The zero-order valence-corrected chi connectivity index (χ0v) is 14.5. The molecule has 1 unspecified atom stereocenters. The summed E-state index contributed by atoms with van der Waals surface area (Å²) in [5.74, 6) is -0.238. The molecule has 1 aromatic rings. The van der Waals surface area contributed by atoms with Gasteiger partial charge in [-0.15, -0.1) is 0 Å². The Labute approximate surface area is 142 Å². The van der Waals surface area contributed by atoms with Crippen molar-refractivity contribution >= 4 is 17.4 Å². The van der Waals surface area contributed by atoms with E-state index in [4.69, 9.17) is 20.6 Å². The van der Waals surface area contributed by atoms with Gasteiger partial charge in [-0.05, 0) is 50.8 Å². The van der Waals surface area contributed by atoms with Crippen LogP contribution < -0.4 is 5.73 Å². The number of nitrogens with two attached hydrogens (primary N) is 1. The number of nitrogen functional groups attached to an aromatic ring is 1. The van der Waals surface area contributed by atoms with Crippen molar-refractivity contribution in [3.05, 3.63) is 35.7 Å². The molecule has 0 amide bonds. The zero-order valence-electron chi connectivity index (χ0n) is 14.5. The number of carbonyl (C=O) groups is 1. The number of pyridine rings is 1. The van der Waals surface area contributed by atoms with E-state index in [1.807, 2.05) is 26.0 Å². The maximum atomic E-state index is 11.7. The number of carbonyl (C=O) groups excluding carboxylic acids is 1. The fraction of sp³-hybridized carbons (Fsp3) is 0.500. The monoisotopic (exact) mass is 331 g/mol. The highest BCUT2D eigenvalue weighted by atomic mass is 16.5. The summed E-state index contributed by atoms with van der Waals surface area (Å²) < 4.78 is 10.7. The van der Waals surface area contributed by atoms with E-state index >= 15 is 0 Å². The molecule has 6 heteroatoms. The van der Waals surface area contributed by atoms with E-state index in [1.54, 1.807) is 6.20 Å². The minimum atomic E-state index is -0.636. The number of ether oxygens (including phenoxy) is 2. The van der Waals surface area contributed by atoms with E-state index in [2.05, 4.69) is 11.1 Å². The molecule has 3 N–H and O–H groups in total. The van der Waals surface area contributed by atoms with Gasteiger partial charge in [0, 0.05) is 11.8 Å². The first-order valence-corrected chi connectivity index (χ1v) is 8.03. The van der Waals surface area contributed by atoms with Gasteiger partial charge in [0.2, 0.25) is 0 Å². The number of nitrogens with one attached hydrogen (secondary N) is 1. The third-order valence-electron chi connectivity index (χ3n) is 4.18. The molecule has 0 bridgehead atoms. The summed E-state index contributed by atoms with van der Waals surface area (Å²) in [5.41, 5.74) is 7.52. The molecule has 1 aliphatic carbocycles. The predicted octanol–water partition coefficient (Wildman–Crippen LogP) is 2.52. The highest BCUT2D eigenvalue weighted by molar-refractivity contribution is 5.94. The smallest absolute Gasteiger partial charge is 0.313 e. The van der Waals surface area contributed by atoms with Gasteiger partial charge >= 0.3 is 5.97 Å².